The molecule has 2 N–H and O–H groups in total. The summed E-state index contributed by atoms with van der Waals surface area (Å²) in [6, 6.07) is 2.34. The van der Waals surface area contributed by atoms with Gasteiger partial charge in [0.2, 0.25) is 0 Å². The van der Waals surface area contributed by atoms with Crippen molar-refractivity contribution in [3.05, 3.63) is 28.0 Å². The number of aliphatic hydroxyl groups is 1. The molecule has 2 nitrogen and oxygen atoms in total. The van der Waals surface area contributed by atoms with Crippen molar-refractivity contribution in [2.75, 3.05) is 0 Å². The van der Waals surface area contributed by atoms with Crippen molar-refractivity contribution in [1.82, 2.24) is 0 Å². The molecule has 1 fully saturated rings. The van der Waals surface area contributed by atoms with Gasteiger partial charge in [-0.15, -0.1) is 0 Å². The topological polar surface area (TPSA) is 40.5 Å². The highest BCUT2D eigenvalue weighted by molar-refractivity contribution is 9.10. The smallest absolute Gasteiger partial charge is 0.136 e. The number of benzene rings is 1. The van der Waals surface area contributed by atoms with E-state index in [0.29, 0.717) is 12.8 Å². The van der Waals surface area contributed by atoms with Crippen molar-refractivity contribution in [2.24, 2.45) is 0 Å². The lowest BCUT2D eigenvalue weighted by atomic mass is 10.1. The van der Waals surface area contributed by atoms with Gasteiger partial charge in [-0.2, -0.15) is 0 Å². The van der Waals surface area contributed by atoms with Crippen LogP contribution < -0.4 is 0 Å². The van der Waals surface area contributed by atoms with Gasteiger partial charge in [-0.05, 0) is 40.9 Å². The number of aromatic hydroxyl groups is 1. The van der Waals surface area contributed by atoms with Gasteiger partial charge in [0.1, 0.15) is 11.6 Å². The Morgan fingerprint density at radius 2 is 2.00 bits per heavy atom. The Morgan fingerprint density at radius 1 is 1.38 bits per heavy atom. The summed E-state index contributed by atoms with van der Waals surface area (Å²) in [5.41, 5.74) is -0.728. The molecule has 0 unspecified atom stereocenters. The van der Waals surface area contributed by atoms with Crippen molar-refractivity contribution in [3.8, 4) is 5.75 Å². The van der Waals surface area contributed by atoms with Crippen LogP contribution >= 0.6 is 15.9 Å². The average molecular weight is 247 g/mol. The minimum Gasteiger partial charge on any atom is -0.506 e. The molecule has 0 bridgehead atoms. The summed E-state index contributed by atoms with van der Waals surface area (Å²) < 4.78 is 13.2. The van der Waals surface area contributed by atoms with E-state index in [4.69, 9.17) is 0 Å². The van der Waals surface area contributed by atoms with Crippen molar-refractivity contribution in [2.45, 2.75) is 18.4 Å². The maximum absolute atomic E-state index is 12.9. The standard InChI is InChI=1S/C9H8BrFO2/c10-7-4-5(11)3-6(8(7)12)9(13)1-2-9/h3-4,12-13H,1-2H2. The van der Waals surface area contributed by atoms with Gasteiger partial charge in [0.25, 0.3) is 0 Å². The molecule has 0 radical (unpaired) electrons. The molecule has 0 heterocycles. The second-order valence-corrected chi connectivity index (χ2v) is 4.17. The third-order valence-electron chi connectivity index (χ3n) is 2.25. The molecule has 0 atom stereocenters. The molecule has 0 aromatic heterocycles. The molecule has 1 aromatic rings. The van der Waals surface area contributed by atoms with E-state index in [0.717, 1.165) is 0 Å². The van der Waals surface area contributed by atoms with E-state index in [1.54, 1.807) is 0 Å². The Kier molecular flexibility index (Phi) is 1.85. The van der Waals surface area contributed by atoms with Crippen LogP contribution in [0.5, 0.6) is 5.75 Å². The number of hydrogen-bond acceptors (Lipinski definition) is 2. The molecule has 0 saturated heterocycles. The first-order chi connectivity index (χ1) is 6.03. The second kappa shape index (κ2) is 2.69. The molecule has 1 aliphatic carbocycles. The normalized spacial score (nSPS) is 18.7. The van der Waals surface area contributed by atoms with Gasteiger partial charge in [0.05, 0.1) is 10.1 Å². The highest BCUT2D eigenvalue weighted by Gasteiger charge is 2.44. The SMILES string of the molecule is Oc1c(Br)cc(F)cc1C1(O)CC1. The van der Waals surface area contributed by atoms with Crippen LogP contribution in [0.2, 0.25) is 0 Å². The van der Waals surface area contributed by atoms with E-state index in [1.165, 1.54) is 12.1 Å². The van der Waals surface area contributed by atoms with Crippen LogP contribution in [-0.4, -0.2) is 10.2 Å². The molecule has 1 aromatic carbocycles. The number of hydrogen-bond donors (Lipinski definition) is 2. The number of rotatable bonds is 1. The quantitative estimate of drug-likeness (QED) is 0.799. The lowest BCUT2D eigenvalue weighted by Gasteiger charge is -2.11. The highest BCUT2D eigenvalue weighted by Crippen LogP contribution is 2.50. The molecule has 13 heavy (non-hydrogen) atoms. The monoisotopic (exact) mass is 246 g/mol. The van der Waals surface area contributed by atoms with Crippen LogP contribution in [0, 0.1) is 5.82 Å². The summed E-state index contributed by atoms with van der Waals surface area (Å²) in [5, 5.41) is 19.2. The van der Waals surface area contributed by atoms with Gasteiger partial charge < -0.3 is 10.2 Å². The predicted octanol–water partition coefficient (Wildman–Crippen LogP) is 2.28. The Labute approximate surface area is 83.1 Å². The highest BCUT2D eigenvalue weighted by atomic mass is 79.9. The summed E-state index contributed by atoms with van der Waals surface area (Å²) in [6.07, 6.45) is 1.16. The van der Waals surface area contributed by atoms with Gasteiger partial charge >= 0.3 is 0 Å². The summed E-state index contributed by atoms with van der Waals surface area (Å²) >= 11 is 3.02. The van der Waals surface area contributed by atoms with Gasteiger partial charge in [-0.25, -0.2) is 4.39 Å². The van der Waals surface area contributed by atoms with Crippen molar-refractivity contribution >= 4 is 15.9 Å². The molecule has 1 aliphatic rings. The van der Waals surface area contributed by atoms with Crippen molar-refractivity contribution in [3.63, 3.8) is 0 Å². The Balaban J connectivity index is 2.56. The number of halogens is 2. The van der Waals surface area contributed by atoms with Crippen LogP contribution in [0.25, 0.3) is 0 Å². The number of phenols is 1. The first kappa shape index (κ1) is 8.97. The largest absolute Gasteiger partial charge is 0.506 e. The van der Waals surface area contributed by atoms with E-state index in [1.807, 2.05) is 0 Å². The summed E-state index contributed by atoms with van der Waals surface area (Å²) in [4.78, 5) is 0. The zero-order chi connectivity index (χ0) is 9.64. The van der Waals surface area contributed by atoms with E-state index in [2.05, 4.69) is 15.9 Å². The summed E-state index contributed by atoms with van der Waals surface area (Å²) in [6.45, 7) is 0. The van der Waals surface area contributed by atoms with Gasteiger partial charge in [-0.3, -0.25) is 0 Å². The summed E-state index contributed by atoms with van der Waals surface area (Å²) in [7, 11) is 0. The Morgan fingerprint density at radius 3 is 2.54 bits per heavy atom. The van der Waals surface area contributed by atoms with E-state index >= 15 is 0 Å². The molecular formula is C9H8BrFO2. The van der Waals surface area contributed by atoms with E-state index < -0.39 is 11.4 Å². The first-order valence-corrected chi connectivity index (χ1v) is 4.73. The molecule has 0 aliphatic heterocycles. The maximum atomic E-state index is 12.9. The lowest BCUT2D eigenvalue weighted by Crippen LogP contribution is -2.05. The molecule has 4 heteroatoms. The minimum absolute atomic E-state index is 0.0681. The van der Waals surface area contributed by atoms with Gasteiger partial charge in [0.15, 0.2) is 0 Å². The molecule has 70 valence electrons. The maximum Gasteiger partial charge on any atom is 0.136 e. The van der Waals surface area contributed by atoms with E-state index in [9.17, 15) is 14.6 Å². The zero-order valence-corrected chi connectivity index (χ0v) is 8.31. The molecule has 2 rings (SSSR count). The molecular weight excluding hydrogens is 239 g/mol. The lowest BCUT2D eigenvalue weighted by molar-refractivity contribution is 0.147. The Hall–Kier alpha value is -0.610. The van der Waals surface area contributed by atoms with Gasteiger partial charge in [-0.1, -0.05) is 0 Å². The first-order valence-electron chi connectivity index (χ1n) is 3.94. The van der Waals surface area contributed by atoms with Crippen LogP contribution in [0.4, 0.5) is 4.39 Å². The fourth-order valence-corrected chi connectivity index (χ4v) is 1.74. The predicted molar refractivity (Wildman–Crippen MR) is 48.9 cm³/mol. The number of phenolic OH excluding ortho intramolecular Hbond substituents is 1. The molecule has 0 amide bonds. The van der Waals surface area contributed by atoms with Crippen molar-refractivity contribution < 1.29 is 14.6 Å². The minimum atomic E-state index is -1.01. The third kappa shape index (κ3) is 1.44. The summed E-state index contributed by atoms with van der Waals surface area (Å²) in [5.74, 6) is -0.526. The van der Waals surface area contributed by atoms with Crippen molar-refractivity contribution in [1.29, 1.82) is 0 Å². The van der Waals surface area contributed by atoms with E-state index in [-0.39, 0.29) is 15.8 Å². The average Bonchev–Trinajstić information content (AvgIpc) is 2.77. The van der Waals surface area contributed by atoms with Gasteiger partial charge in [0, 0.05) is 5.56 Å². The second-order valence-electron chi connectivity index (χ2n) is 3.32. The Bertz CT molecular complexity index is 361. The fourth-order valence-electron chi connectivity index (χ4n) is 1.31. The molecule has 0 spiro atoms. The van der Waals surface area contributed by atoms with Crippen LogP contribution in [0.3, 0.4) is 0 Å². The molecule has 1 saturated carbocycles. The third-order valence-corrected chi connectivity index (χ3v) is 2.86. The van der Waals surface area contributed by atoms with Crippen LogP contribution in [0.15, 0.2) is 16.6 Å². The van der Waals surface area contributed by atoms with Crippen LogP contribution in [-0.2, 0) is 5.60 Å². The van der Waals surface area contributed by atoms with Crippen LogP contribution in [0.1, 0.15) is 18.4 Å². The fraction of sp³-hybridized carbons (Fsp3) is 0.333. The zero-order valence-electron chi connectivity index (χ0n) is 6.72.